The Hall–Kier alpha value is -0.790. The topological polar surface area (TPSA) is 12.0 Å². The van der Waals surface area contributed by atoms with Gasteiger partial charge >= 0.3 is 0 Å². The molecule has 1 N–H and O–H groups in total. The lowest BCUT2D eigenvalue weighted by Gasteiger charge is -2.21. The molecule has 0 radical (unpaired) electrons. The van der Waals surface area contributed by atoms with Gasteiger partial charge in [-0.1, -0.05) is 47.9 Å². The summed E-state index contributed by atoms with van der Waals surface area (Å²) >= 11 is 6.29. The molecule has 0 saturated carbocycles. The summed E-state index contributed by atoms with van der Waals surface area (Å²) < 4.78 is 0. The fraction of sp³-hybridized carbons (Fsp3) is 0.467. The molecule has 1 aromatic rings. The zero-order chi connectivity index (χ0) is 12.1. The molecule has 92 valence electrons. The van der Waals surface area contributed by atoms with E-state index in [-0.39, 0.29) is 6.04 Å². The molecule has 2 heteroatoms. The van der Waals surface area contributed by atoms with Crippen molar-refractivity contribution in [1.29, 1.82) is 0 Å². The molecule has 1 unspecified atom stereocenters. The summed E-state index contributed by atoms with van der Waals surface area (Å²) in [5, 5.41) is 4.26. The molecule has 1 atom stereocenters. The zero-order valence-electron chi connectivity index (χ0n) is 10.4. The number of halogens is 1. The Kier molecular flexibility index (Phi) is 4.64. The Morgan fingerprint density at radius 2 is 2.00 bits per heavy atom. The van der Waals surface area contributed by atoms with Gasteiger partial charge in [0.25, 0.3) is 0 Å². The second-order valence-corrected chi connectivity index (χ2v) is 5.03. The first kappa shape index (κ1) is 12.7. The van der Waals surface area contributed by atoms with E-state index < -0.39 is 0 Å². The van der Waals surface area contributed by atoms with Crippen LogP contribution in [0.3, 0.4) is 0 Å². The summed E-state index contributed by atoms with van der Waals surface area (Å²) in [7, 11) is 2.01. The van der Waals surface area contributed by atoms with Gasteiger partial charge in [-0.05, 0) is 44.4 Å². The Labute approximate surface area is 109 Å². The highest BCUT2D eigenvalue weighted by molar-refractivity contribution is 6.31. The second-order valence-electron chi connectivity index (χ2n) is 4.62. The summed E-state index contributed by atoms with van der Waals surface area (Å²) in [5.41, 5.74) is 2.70. The number of benzene rings is 1. The first-order valence-corrected chi connectivity index (χ1v) is 6.81. The van der Waals surface area contributed by atoms with Crippen LogP contribution in [-0.4, -0.2) is 7.05 Å². The van der Waals surface area contributed by atoms with Gasteiger partial charge in [0.05, 0.1) is 6.04 Å². The summed E-state index contributed by atoms with van der Waals surface area (Å²) in [6, 6.07) is 8.41. The van der Waals surface area contributed by atoms with E-state index in [1.807, 2.05) is 19.2 Å². The van der Waals surface area contributed by atoms with Crippen LogP contribution in [0.25, 0.3) is 0 Å². The van der Waals surface area contributed by atoms with Crippen LogP contribution in [0.2, 0.25) is 5.02 Å². The Morgan fingerprint density at radius 1 is 1.18 bits per heavy atom. The Bertz CT molecular complexity index is 398. The first-order chi connectivity index (χ1) is 8.33. The molecular formula is C15H20ClN. The van der Waals surface area contributed by atoms with E-state index >= 15 is 0 Å². The van der Waals surface area contributed by atoms with E-state index in [1.54, 1.807) is 0 Å². The maximum atomic E-state index is 6.29. The lowest BCUT2D eigenvalue weighted by atomic mass is 9.95. The summed E-state index contributed by atoms with van der Waals surface area (Å²) in [4.78, 5) is 0. The highest BCUT2D eigenvalue weighted by Gasteiger charge is 2.17. The van der Waals surface area contributed by atoms with Crippen LogP contribution in [0, 0.1) is 0 Å². The SMILES string of the molecule is CNC(C1=CCCCCC1)c1ccccc1Cl. The predicted octanol–water partition coefficient (Wildman–Crippen LogP) is 4.49. The van der Waals surface area contributed by atoms with Crippen molar-refractivity contribution in [3.05, 3.63) is 46.5 Å². The van der Waals surface area contributed by atoms with Crippen molar-refractivity contribution < 1.29 is 0 Å². The van der Waals surface area contributed by atoms with Crippen LogP contribution in [0.1, 0.15) is 43.7 Å². The van der Waals surface area contributed by atoms with Crippen LogP contribution in [0.4, 0.5) is 0 Å². The molecule has 0 spiro atoms. The Morgan fingerprint density at radius 3 is 2.76 bits per heavy atom. The molecular weight excluding hydrogens is 230 g/mol. The van der Waals surface area contributed by atoms with Crippen molar-refractivity contribution >= 4 is 11.6 Å². The molecule has 1 aromatic carbocycles. The summed E-state index contributed by atoms with van der Waals surface area (Å²) in [6.07, 6.45) is 8.77. The number of allylic oxidation sites excluding steroid dienone is 1. The lowest BCUT2D eigenvalue weighted by Crippen LogP contribution is -2.19. The number of nitrogens with one attached hydrogen (secondary N) is 1. The van der Waals surface area contributed by atoms with Crippen LogP contribution in [0.5, 0.6) is 0 Å². The quantitative estimate of drug-likeness (QED) is 0.779. The van der Waals surface area contributed by atoms with Gasteiger partial charge < -0.3 is 5.32 Å². The molecule has 1 nitrogen and oxygen atoms in total. The number of hydrogen-bond donors (Lipinski definition) is 1. The van der Waals surface area contributed by atoms with Gasteiger partial charge in [-0.3, -0.25) is 0 Å². The summed E-state index contributed by atoms with van der Waals surface area (Å²) in [5.74, 6) is 0. The molecule has 0 bridgehead atoms. The molecule has 17 heavy (non-hydrogen) atoms. The van der Waals surface area contributed by atoms with Crippen molar-refractivity contribution in [2.24, 2.45) is 0 Å². The van der Waals surface area contributed by atoms with Gasteiger partial charge in [0, 0.05) is 5.02 Å². The van der Waals surface area contributed by atoms with Crippen LogP contribution in [0.15, 0.2) is 35.9 Å². The number of likely N-dealkylation sites (N-methyl/N-ethyl adjacent to an activating group) is 1. The number of hydrogen-bond acceptors (Lipinski definition) is 1. The highest BCUT2D eigenvalue weighted by Crippen LogP contribution is 2.32. The third-order valence-corrected chi connectivity index (χ3v) is 3.80. The maximum Gasteiger partial charge on any atom is 0.0548 e. The molecule has 0 amide bonds. The van der Waals surface area contributed by atoms with Gasteiger partial charge in [-0.2, -0.15) is 0 Å². The minimum Gasteiger partial charge on any atom is -0.310 e. The van der Waals surface area contributed by atoms with Crippen LogP contribution < -0.4 is 5.32 Å². The molecule has 0 saturated heterocycles. The molecule has 0 heterocycles. The fourth-order valence-electron chi connectivity index (χ4n) is 2.55. The monoisotopic (exact) mass is 249 g/mol. The minimum atomic E-state index is 0.279. The van der Waals surface area contributed by atoms with Crippen molar-refractivity contribution in [1.82, 2.24) is 5.32 Å². The van der Waals surface area contributed by atoms with Gasteiger partial charge in [-0.25, -0.2) is 0 Å². The van der Waals surface area contributed by atoms with E-state index in [1.165, 1.54) is 43.2 Å². The van der Waals surface area contributed by atoms with Gasteiger partial charge in [0.1, 0.15) is 0 Å². The smallest absolute Gasteiger partial charge is 0.0548 e. The highest BCUT2D eigenvalue weighted by atomic mass is 35.5. The van der Waals surface area contributed by atoms with Crippen LogP contribution >= 0.6 is 11.6 Å². The van der Waals surface area contributed by atoms with E-state index in [0.717, 1.165) is 5.02 Å². The standard InChI is InChI=1S/C15H20ClN/c1-17-15(12-8-4-2-3-5-9-12)13-10-6-7-11-14(13)16/h6-8,10-11,15,17H,2-5,9H2,1H3. The van der Waals surface area contributed by atoms with Crippen molar-refractivity contribution in [3.63, 3.8) is 0 Å². The predicted molar refractivity (Wildman–Crippen MR) is 74.4 cm³/mol. The average molecular weight is 250 g/mol. The van der Waals surface area contributed by atoms with E-state index in [0.29, 0.717) is 0 Å². The molecule has 1 aliphatic carbocycles. The third kappa shape index (κ3) is 3.11. The first-order valence-electron chi connectivity index (χ1n) is 6.43. The number of rotatable bonds is 3. The lowest BCUT2D eigenvalue weighted by molar-refractivity contribution is 0.629. The molecule has 1 aliphatic rings. The van der Waals surface area contributed by atoms with Crippen molar-refractivity contribution in [2.45, 2.75) is 38.1 Å². The van der Waals surface area contributed by atoms with Gasteiger partial charge in [0.2, 0.25) is 0 Å². The molecule has 2 rings (SSSR count). The Balaban J connectivity index is 2.26. The molecule has 0 aromatic heterocycles. The minimum absolute atomic E-state index is 0.279. The fourth-order valence-corrected chi connectivity index (χ4v) is 2.80. The van der Waals surface area contributed by atoms with E-state index in [9.17, 15) is 0 Å². The third-order valence-electron chi connectivity index (χ3n) is 3.45. The van der Waals surface area contributed by atoms with E-state index in [4.69, 9.17) is 11.6 Å². The zero-order valence-corrected chi connectivity index (χ0v) is 11.1. The largest absolute Gasteiger partial charge is 0.310 e. The normalized spacial score (nSPS) is 18.4. The maximum absolute atomic E-state index is 6.29. The van der Waals surface area contributed by atoms with Gasteiger partial charge in [-0.15, -0.1) is 0 Å². The van der Waals surface area contributed by atoms with Crippen molar-refractivity contribution in [3.8, 4) is 0 Å². The second kappa shape index (κ2) is 6.23. The van der Waals surface area contributed by atoms with Gasteiger partial charge in [0.15, 0.2) is 0 Å². The summed E-state index contributed by atoms with van der Waals surface area (Å²) in [6.45, 7) is 0. The molecule has 0 aliphatic heterocycles. The van der Waals surface area contributed by atoms with Crippen LogP contribution in [-0.2, 0) is 0 Å². The van der Waals surface area contributed by atoms with E-state index in [2.05, 4.69) is 23.5 Å². The average Bonchev–Trinajstić information content (AvgIpc) is 2.62. The molecule has 0 fully saturated rings. The van der Waals surface area contributed by atoms with Crippen molar-refractivity contribution in [2.75, 3.05) is 7.05 Å².